The van der Waals surface area contributed by atoms with Crippen molar-refractivity contribution in [1.29, 1.82) is 0 Å². The molecule has 0 radical (unpaired) electrons. The Bertz CT molecular complexity index is 818. The van der Waals surface area contributed by atoms with Gasteiger partial charge in [0.2, 0.25) is 0 Å². The number of rotatable bonds is 4. The van der Waals surface area contributed by atoms with E-state index in [2.05, 4.69) is 19.2 Å². The van der Waals surface area contributed by atoms with Crippen molar-refractivity contribution < 1.29 is 14.3 Å². The lowest BCUT2D eigenvalue weighted by Crippen LogP contribution is -2.11. The normalized spacial score (nSPS) is 12.3. The van der Waals surface area contributed by atoms with Crippen LogP contribution in [0.3, 0.4) is 0 Å². The van der Waals surface area contributed by atoms with Crippen molar-refractivity contribution in [2.75, 3.05) is 5.32 Å². The Kier molecular flexibility index (Phi) is 4.06. The Morgan fingerprint density at radius 2 is 2.00 bits per heavy atom. The van der Waals surface area contributed by atoms with Crippen LogP contribution in [-0.2, 0) is 0 Å². The third-order valence-corrected chi connectivity index (χ3v) is 4.10. The molecule has 4 heteroatoms. The highest BCUT2D eigenvalue weighted by atomic mass is 16.3. The van der Waals surface area contributed by atoms with Crippen molar-refractivity contribution in [2.24, 2.45) is 0 Å². The Labute approximate surface area is 134 Å². The molecule has 1 aromatic heterocycles. The number of hydrogen-bond donors (Lipinski definition) is 2. The minimum Gasteiger partial charge on any atom is -0.506 e. The van der Waals surface area contributed by atoms with E-state index in [9.17, 15) is 9.90 Å². The van der Waals surface area contributed by atoms with Crippen LogP contribution in [0.5, 0.6) is 5.75 Å². The summed E-state index contributed by atoms with van der Waals surface area (Å²) in [7, 11) is 0. The second kappa shape index (κ2) is 6.16. The Morgan fingerprint density at radius 3 is 2.70 bits per heavy atom. The Morgan fingerprint density at radius 1 is 1.22 bits per heavy atom. The highest BCUT2D eigenvalue weighted by molar-refractivity contribution is 6.05. The third-order valence-electron chi connectivity index (χ3n) is 4.10. The topological polar surface area (TPSA) is 62.5 Å². The van der Waals surface area contributed by atoms with Gasteiger partial charge in [-0.2, -0.15) is 0 Å². The van der Waals surface area contributed by atoms with Gasteiger partial charge in [-0.3, -0.25) is 4.79 Å². The molecule has 2 aromatic carbocycles. The van der Waals surface area contributed by atoms with Crippen LogP contribution in [0.25, 0.3) is 11.0 Å². The quantitative estimate of drug-likeness (QED) is 0.673. The van der Waals surface area contributed by atoms with E-state index in [-0.39, 0.29) is 17.4 Å². The number of nitrogens with one attached hydrogen (secondary N) is 1. The van der Waals surface area contributed by atoms with Gasteiger partial charge in [0.05, 0.1) is 5.69 Å². The minimum absolute atomic E-state index is 0.0623. The summed E-state index contributed by atoms with van der Waals surface area (Å²) in [6.45, 7) is 4.19. The fourth-order valence-corrected chi connectivity index (χ4v) is 2.47. The molecule has 2 N–H and O–H groups in total. The first kappa shape index (κ1) is 15.2. The number of furan rings is 1. The summed E-state index contributed by atoms with van der Waals surface area (Å²) in [6.07, 6.45) is 0.990. The number of phenolic OH excluding ortho intramolecular Hbond substituents is 1. The zero-order chi connectivity index (χ0) is 16.4. The van der Waals surface area contributed by atoms with Gasteiger partial charge >= 0.3 is 0 Å². The molecule has 0 fully saturated rings. The van der Waals surface area contributed by atoms with Gasteiger partial charge in [-0.15, -0.1) is 0 Å². The van der Waals surface area contributed by atoms with Crippen LogP contribution in [0.15, 0.2) is 52.9 Å². The summed E-state index contributed by atoms with van der Waals surface area (Å²) in [5.74, 6) is 0.262. The number of fused-ring (bicyclic) bond motifs is 1. The second-order valence-corrected chi connectivity index (χ2v) is 5.69. The standard InChI is InChI=1S/C19H19NO3/c1-3-12(2)13-8-9-15(16(21)10-13)20-19(22)18-11-14-6-4-5-7-17(14)23-18/h4-12,21H,3H2,1-2H3,(H,20,22)/t12-/m0/s1. The van der Waals surface area contributed by atoms with Crippen molar-refractivity contribution in [3.63, 3.8) is 0 Å². The predicted octanol–water partition coefficient (Wildman–Crippen LogP) is 4.90. The van der Waals surface area contributed by atoms with Crippen LogP contribution in [0, 0.1) is 0 Å². The maximum Gasteiger partial charge on any atom is 0.291 e. The number of para-hydroxylation sites is 1. The van der Waals surface area contributed by atoms with Gasteiger partial charge in [0, 0.05) is 5.39 Å². The molecule has 0 unspecified atom stereocenters. The van der Waals surface area contributed by atoms with Gasteiger partial charge in [0.15, 0.2) is 5.76 Å². The molecule has 3 aromatic rings. The van der Waals surface area contributed by atoms with Gasteiger partial charge in [-0.1, -0.05) is 38.1 Å². The number of carbonyl (C=O) groups is 1. The lowest BCUT2D eigenvalue weighted by atomic mass is 9.98. The smallest absolute Gasteiger partial charge is 0.291 e. The SMILES string of the molecule is CC[C@H](C)c1ccc(NC(=O)c2cc3ccccc3o2)c(O)c1. The van der Waals surface area contributed by atoms with Gasteiger partial charge in [0.1, 0.15) is 11.3 Å². The molecule has 0 saturated carbocycles. The first-order valence-corrected chi connectivity index (χ1v) is 7.71. The van der Waals surface area contributed by atoms with E-state index in [4.69, 9.17) is 4.42 Å². The molecule has 1 amide bonds. The fraction of sp³-hybridized carbons (Fsp3) is 0.211. The molecule has 0 aliphatic carbocycles. The Hall–Kier alpha value is -2.75. The van der Waals surface area contributed by atoms with E-state index in [0.717, 1.165) is 17.4 Å². The third kappa shape index (κ3) is 3.06. The molecule has 23 heavy (non-hydrogen) atoms. The lowest BCUT2D eigenvalue weighted by molar-refractivity contribution is 0.0998. The highest BCUT2D eigenvalue weighted by Gasteiger charge is 2.15. The number of amides is 1. The lowest BCUT2D eigenvalue weighted by Gasteiger charge is -2.12. The van der Waals surface area contributed by atoms with E-state index >= 15 is 0 Å². The molecule has 0 bridgehead atoms. The molecular weight excluding hydrogens is 290 g/mol. The first-order valence-electron chi connectivity index (χ1n) is 7.71. The Balaban J connectivity index is 1.82. The van der Waals surface area contributed by atoms with Gasteiger partial charge in [-0.05, 0) is 42.2 Å². The maximum absolute atomic E-state index is 12.3. The predicted molar refractivity (Wildman–Crippen MR) is 91.0 cm³/mol. The van der Waals surface area contributed by atoms with Gasteiger partial charge in [-0.25, -0.2) is 0 Å². The van der Waals surface area contributed by atoms with Crippen molar-refractivity contribution in [2.45, 2.75) is 26.2 Å². The molecular formula is C19H19NO3. The number of phenols is 1. The van der Waals surface area contributed by atoms with Crippen LogP contribution in [0.4, 0.5) is 5.69 Å². The first-order chi connectivity index (χ1) is 11.1. The summed E-state index contributed by atoms with van der Waals surface area (Å²) in [4.78, 5) is 12.3. The summed E-state index contributed by atoms with van der Waals surface area (Å²) in [5, 5.41) is 13.7. The minimum atomic E-state index is -0.382. The van der Waals surface area contributed by atoms with E-state index in [1.165, 1.54) is 0 Å². The van der Waals surface area contributed by atoms with Crippen LogP contribution in [0.1, 0.15) is 42.3 Å². The molecule has 0 aliphatic heterocycles. The van der Waals surface area contributed by atoms with Crippen molar-refractivity contribution in [3.05, 3.63) is 59.9 Å². The number of anilines is 1. The summed E-state index contributed by atoms with van der Waals surface area (Å²) < 4.78 is 5.53. The molecule has 0 aliphatic rings. The molecule has 118 valence electrons. The average molecular weight is 309 g/mol. The molecule has 0 saturated heterocycles. The molecule has 4 nitrogen and oxygen atoms in total. The molecule has 1 heterocycles. The van der Waals surface area contributed by atoms with Crippen LogP contribution < -0.4 is 5.32 Å². The zero-order valence-electron chi connectivity index (χ0n) is 13.2. The zero-order valence-corrected chi connectivity index (χ0v) is 13.2. The van der Waals surface area contributed by atoms with Crippen molar-refractivity contribution >= 4 is 22.6 Å². The van der Waals surface area contributed by atoms with Crippen LogP contribution in [0.2, 0.25) is 0 Å². The maximum atomic E-state index is 12.3. The highest BCUT2D eigenvalue weighted by Crippen LogP contribution is 2.30. The van der Waals surface area contributed by atoms with Crippen molar-refractivity contribution in [1.82, 2.24) is 0 Å². The second-order valence-electron chi connectivity index (χ2n) is 5.69. The fourth-order valence-electron chi connectivity index (χ4n) is 2.47. The largest absolute Gasteiger partial charge is 0.506 e. The number of aromatic hydroxyl groups is 1. The van der Waals surface area contributed by atoms with E-state index in [1.807, 2.05) is 30.3 Å². The van der Waals surface area contributed by atoms with Crippen LogP contribution >= 0.6 is 0 Å². The van der Waals surface area contributed by atoms with E-state index in [1.54, 1.807) is 18.2 Å². The van der Waals surface area contributed by atoms with Gasteiger partial charge in [0.25, 0.3) is 5.91 Å². The summed E-state index contributed by atoms with van der Waals surface area (Å²) >= 11 is 0. The number of hydrogen-bond acceptors (Lipinski definition) is 3. The molecule has 1 atom stereocenters. The summed E-state index contributed by atoms with van der Waals surface area (Å²) in [6, 6.07) is 14.5. The molecule has 0 spiro atoms. The van der Waals surface area contributed by atoms with E-state index in [0.29, 0.717) is 17.2 Å². The molecule has 3 rings (SSSR count). The number of carbonyl (C=O) groups excluding carboxylic acids is 1. The monoisotopic (exact) mass is 309 g/mol. The van der Waals surface area contributed by atoms with Crippen molar-refractivity contribution in [3.8, 4) is 5.75 Å². The summed E-state index contributed by atoms with van der Waals surface area (Å²) in [5.41, 5.74) is 2.09. The van der Waals surface area contributed by atoms with Gasteiger partial charge < -0.3 is 14.8 Å². The van der Waals surface area contributed by atoms with Crippen LogP contribution in [-0.4, -0.2) is 11.0 Å². The van der Waals surface area contributed by atoms with E-state index < -0.39 is 0 Å². The average Bonchev–Trinajstić information content (AvgIpc) is 3.00. The number of benzene rings is 2.